The molecule has 0 unspecified atom stereocenters. The highest BCUT2D eigenvalue weighted by Crippen LogP contribution is 2.29. The highest BCUT2D eigenvalue weighted by Gasteiger charge is 2.08. The third-order valence-electron chi connectivity index (χ3n) is 2.34. The maximum atomic E-state index is 12.4. The third-order valence-corrected chi connectivity index (χ3v) is 2.34. The van der Waals surface area contributed by atoms with Gasteiger partial charge in [-0.25, -0.2) is 8.78 Å². The van der Waals surface area contributed by atoms with Gasteiger partial charge >= 0.3 is 0 Å². The summed E-state index contributed by atoms with van der Waals surface area (Å²) in [5, 5.41) is 1.62. The van der Waals surface area contributed by atoms with Crippen LogP contribution in [0.1, 0.15) is 12.0 Å². The van der Waals surface area contributed by atoms with Crippen molar-refractivity contribution in [3.8, 4) is 5.75 Å². The summed E-state index contributed by atoms with van der Waals surface area (Å²) in [7, 11) is 1.57. The second-order valence-electron chi connectivity index (χ2n) is 3.24. The number of hydrogen-bond donors (Lipinski definition) is 0. The summed E-state index contributed by atoms with van der Waals surface area (Å²) in [5.74, 6) is 0.702. The van der Waals surface area contributed by atoms with Crippen LogP contribution in [0.3, 0.4) is 0 Å². The van der Waals surface area contributed by atoms with Crippen LogP contribution in [0.2, 0.25) is 0 Å². The Morgan fingerprint density at radius 3 is 2.60 bits per heavy atom. The summed E-state index contributed by atoms with van der Waals surface area (Å²) < 4.78 is 30.0. The number of benzene rings is 2. The Kier molecular flexibility index (Phi) is 2.54. The molecule has 0 aliphatic carbocycles. The Hall–Kier alpha value is -1.64. The van der Waals surface area contributed by atoms with Gasteiger partial charge in [0.15, 0.2) is 0 Å². The van der Waals surface area contributed by atoms with Gasteiger partial charge in [-0.3, -0.25) is 0 Å². The molecule has 2 aromatic rings. The van der Waals surface area contributed by atoms with Crippen LogP contribution >= 0.6 is 0 Å². The van der Waals surface area contributed by atoms with Crippen LogP contribution in [0.25, 0.3) is 10.8 Å². The smallest absolute Gasteiger partial charge is 0.263 e. The van der Waals surface area contributed by atoms with Crippen molar-refractivity contribution in [3.05, 3.63) is 42.0 Å². The van der Waals surface area contributed by atoms with Gasteiger partial charge in [-0.15, -0.1) is 0 Å². The molecule has 1 nitrogen and oxygen atoms in total. The van der Waals surface area contributed by atoms with Crippen molar-refractivity contribution < 1.29 is 13.5 Å². The Morgan fingerprint density at radius 2 is 1.93 bits per heavy atom. The lowest BCUT2D eigenvalue weighted by Gasteiger charge is -2.06. The van der Waals surface area contributed by atoms with Gasteiger partial charge in [-0.1, -0.05) is 24.3 Å². The van der Waals surface area contributed by atoms with Crippen molar-refractivity contribution in [3.63, 3.8) is 0 Å². The van der Waals surface area contributed by atoms with Crippen LogP contribution in [0, 0.1) is 0 Å². The second kappa shape index (κ2) is 3.85. The first kappa shape index (κ1) is 9.90. The molecule has 0 spiro atoms. The van der Waals surface area contributed by atoms with E-state index in [0.29, 0.717) is 5.75 Å². The first-order valence-electron chi connectivity index (χ1n) is 4.57. The summed E-state index contributed by atoms with van der Waals surface area (Å²) in [6.07, 6.45) is -2.43. The van der Waals surface area contributed by atoms with E-state index in [4.69, 9.17) is 4.74 Å². The average Bonchev–Trinajstić information content (AvgIpc) is 2.27. The first-order valence-corrected chi connectivity index (χ1v) is 4.57. The van der Waals surface area contributed by atoms with Gasteiger partial charge in [-0.05, 0) is 17.5 Å². The molecule has 0 aromatic heterocycles. The molecule has 15 heavy (non-hydrogen) atoms. The number of methoxy groups -OCH3 is 1. The van der Waals surface area contributed by atoms with Gasteiger partial charge in [-0.2, -0.15) is 0 Å². The maximum Gasteiger partial charge on any atom is 0.263 e. The van der Waals surface area contributed by atoms with E-state index < -0.39 is 6.43 Å². The molecule has 2 aromatic carbocycles. The molecule has 0 saturated carbocycles. The Morgan fingerprint density at radius 1 is 1.13 bits per heavy atom. The fraction of sp³-hybridized carbons (Fsp3) is 0.167. The molecule has 78 valence electrons. The van der Waals surface area contributed by atoms with Crippen molar-refractivity contribution in [1.29, 1.82) is 0 Å². The largest absolute Gasteiger partial charge is 0.496 e. The molecule has 0 bridgehead atoms. The van der Waals surface area contributed by atoms with Gasteiger partial charge in [0.05, 0.1) is 7.11 Å². The molecule has 0 aliphatic heterocycles. The van der Waals surface area contributed by atoms with E-state index in [-0.39, 0.29) is 5.56 Å². The molecular formula is C12H10F2O. The number of hydrogen-bond acceptors (Lipinski definition) is 1. The molecule has 3 heteroatoms. The monoisotopic (exact) mass is 208 g/mol. The van der Waals surface area contributed by atoms with E-state index >= 15 is 0 Å². The van der Waals surface area contributed by atoms with E-state index in [1.165, 1.54) is 12.1 Å². The zero-order valence-corrected chi connectivity index (χ0v) is 8.21. The molecular weight excluding hydrogens is 198 g/mol. The van der Waals surface area contributed by atoms with Gasteiger partial charge in [0.25, 0.3) is 6.43 Å². The first-order chi connectivity index (χ1) is 7.22. The predicted molar refractivity (Wildman–Crippen MR) is 55.5 cm³/mol. The summed E-state index contributed by atoms with van der Waals surface area (Å²) in [4.78, 5) is 0. The lowest BCUT2D eigenvalue weighted by atomic mass is 10.1. The van der Waals surface area contributed by atoms with E-state index in [1.54, 1.807) is 25.3 Å². The van der Waals surface area contributed by atoms with Gasteiger partial charge in [0.2, 0.25) is 0 Å². The number of rotatable bonds is 2. The van der Waals surface area contributed by atoms with Crippen LogP contribution in [0.5, 0.6) is 5.75 Å². The maximum absolute atomic E-state index is 12.4. The minimum absolute atomic E-state index is 0.0377. The number of fused-ring (bicyclic) bond motifs is 1. The molecule has 0 saturated heterocycles. The van der Waals surface area contributed by atoms with E-state index in [9.17, 15) is 8.78 Å². The summed E-state index contributed by atoms with van der Waals surface area (Å²) in [6, 6.07) is 9.97. The zero-order chi connectivity index (χ0) is 10.8. The van der Waals surface area contributed by atoms with Crippen molar-refractivity contribution in [2.75, 3.05) is 7.11 Å². The van der Waals surface area contributed by atoms with Crippen molar-refractivity contribution in [2.24, 2.45) is 0 Å². The highest BCUT2D eigenvalue weighted by molar-refractivity contribution is 5.88. The predicted octanol–water partition coefficient (Wildman–Crippen LogP) is 3.79. The summed E-state index contributed by atoms with van der Waals surface area (Å²) >= 11 is 0. The molecule has 0 atom stereocenters. The van der Waals surface area contributed by atoms with Crippen LogP contribution in [0.4, 0.5) is 8.78 Å². The number of halogens is 2. The molecule has 2 rings (SSSR count). The minimum atomic E-state index is -2.43. The minimum Gasteiger partial charge on any atom is -0.496 e. The lowest BCUT2D eigenvalue weighted by Crippen LogP contribution is -1.87. The van der Waals surface area contributed by atoms with Crippen LogP contribution < -0.4 is 4.74 Å². The molecule has 0 heterocycles. The Labute approximate surface area is 86.3 Å². The van der Waals surface area contributed by atoms with Gasteiger partial charge in [0.1, 0.15) is 5.75 Å². The molecule has 0 fully saturated rings. The topological polar surface area (TPSA) is 9.23 Å². The molecule has 0 aliphatic rings. The highest BCUT2D eigenvalue weighted by atomic mass is 19.3. The Bertz CT molecular complexity index is 480. The van der Waals surface area contributed by atoms with Gasteiger partial charge in [0, 0.05) is 10.9 Å². The third kappa shape index (κ3) is 1.77. The van der Waals surface area contributed by atoms with Crippen LogP contribution in [-0.2, 0) is 0 Å². The number of ether oxygens (including phenoxy) is 1. The van der Waals surface area contributed by atoms with E-state index in [2.05, 4.69) is 0 Å². The quantitative estimate of drug-likeness (QED) is 0.729. The van der Waals surface area contributed by atoms with Crippen molar-refractivity contribution in [1.82, 2.24) is 0 Å². The fourth-order valence-corrected chi connectivity index (χ4v) is 1.59. The SMILES string of the molecule is COc1cccc2cc(C(F)F)ccc12. The van der Waals surface area contributed by atoms with E-state index in [1.807, 2.05) is 6.07 Å². The van der Waals surface area contributed by atoms with Crippen LogP contribution in [-0.4, -0.2) is 7.11 Å². The fourth-order valence-electron chi connectivity index (χ4n) is 1.59. The molecule has 0 N–H and O–H groups in total. The standard InChI is InChI=1S/C12H10F2O/c1-15-11-4-2-3-8-7-9(12(13)14)5-6-10(8)11/h2-7,12H,1H3. The second-order valence-corrected chi connectivity index (χ2v) is 3.24. The van der Waals surface area contributed by atoms with Crippen LogP contribution in [0.15, 0.2) is 36.4 Å². The normalized spacial score (nSPS) is 10.9. The average molecular weight is 208 g/mol. The van der Waals surface area contributed by atoms with Gasteiger partial charge < -0.3 is 4.74 Å². The van der Waals surface area contributed by atoms with Crippen molar-refractivity contribution in [2.45, 2.75) is 6.43 Å². The molecule has 0 radical (unpaired) electrons. The molecule has 0 amide bonds. The lowest BCUT2D eigenvalue weighted by molar-refractivity contribution is 0.151. The Balaban J connectivity index is 2.63. The van der Waals surface area contributed by atoms with Crippen molar-refractivity contribution >= 4 is 10.8 Å². The number of alkyl halides is 2. The summed E-state index contributed by atoms with van der Waals surface area (Å²) in [5.41, 5.74) is 0.0377. The van der Waals surface area contributed by atoms with E-state index in [0.717, 1.165) is 10.8 Å². The summed E-state index contributed by atoms with van der Waals surface area (Å²) in [6.45, 7) is 0. The zero-order valence-electron chi connectivity index (χ0n) is 8.21.